The van der Waals surface area contributed by atoms with Crippen molar-refractivity contribution in [3.63, 3.8) is 0 Å². The molecule has 6 heteroatoms. The lowest BCUT2D eigenvalue weighted by molar-refractivity contribution is -0.136. The highest BCUT2D eigenvalue weighted by Gasteiger charge is 2.06. The van der Waals surface area contributed by atoms with Crippen molar-refractivity contribution in [1.29, 1.82) is 0 Å². The number of rotatable bonds is 3. The normalized spacial score (nSPS) is 10.3. The van der Waals surface area contributed by atoms with Crippen molar-refractivity contribution in [1.82, 2.24) is 19.5 Å². The van der Waals surface area contributed by atoms with E-state index in [1.165, 1.54) is 12.4 Å². The fourth-order valence-corrected chi connectivity index (χ4v) is 1.33. The Labute approximate surface area is 91.6 Å². The summed E-state index contributed by atoms with van der Waals surface area (Å²) >= 11 is 0. The number of aliphatic carboxylic acids is 1. The molecule has 16 heavy (non-hydrogen) atoms. The van der Waals surface area contributed by atoms with E-state index in [-0.39, 0.29) is 6.42 Å². The van der Waals surface area contributed by atoms with E-state index in [1.807, 2.05) is 7.05 Å². The predicted molar refractivity (Wildman–Crippen MR) is 55.6 cm³/mol. The zero-order chi connectivity index (χ0) is 11.5. The second-order valence-electron chi connectivity index (χ2n) is 3.38. The molecule has 1 N–H and O–H groups in total. The number of carbonyl (C=O) groups is 1. The Morgan fingerprint density at radius 1 is 1.38 bits per heavy atom. The summed E-state index contributed by atoms with van der Waals surface area (Å²) in [5.74, 6) is -0.356. The lowest BCUT2D eigenvalue weighted by Gasteiger charge is -2.01. The highest BCUT2D eigenvalue weighted by atomic mass is 16.4. The van der Waals surface area contributed by atoms with Crippen molar-refractivity contribution in [2.45, 2.75) is 6.42 Å². The van der Waals surface area contributed by atoms with Crippen molar-refractivity contribution in [3.8, 4) is 11.5 Å². The van der Waals surface area contributed by atoms with Crippen LogP contribution in [0.3, 0.4) is 0 Å². The molecule has 0 unspecified atom stereocenters. The quantitative estimate of drug-likeness (QED) is 0.811. The van der Waals surface area contributed by atoms with E-state index in [0.717, 1.165) is 5.69 Å². The summed E-state index contributed by atoms with van der Waals surface area (Å²) in [6.45, 7) is 0. The van der Waals surface area contributed by atoms with Gasteiger partial charge in [-0.2, -0.15) is 0 Å². The summed E-state index contributed by atoms with van der Waals surface area (Å²) in [6.07, 6.45) is 6.29. The van der Waals surface area contributed by atoms with Gasteiger partial charge in [0.15, 0.2) is 5.82 Å². The fraction of sp³-hybridized carbons (Fsp3) is 0.200. The molecule has 0 fully saturated rings. The first-order valence-electron chi connectivity index (χ1n) is 4.66. The second-order valence-corrected chi connectivity index (χ2v) is 3.38. The van der Waals surface area contributed by atoms with Gasteiger partial charge in [-0.3, -0.25) is 4.79 Å². The molecule has 6 nitrogen and oxygen atoms in total. The molecule has 2 aromatic heterocycles. The van der Waals surface area contributed by atoms with Crippen molar-refractivity contribution >= 4 is 5.97 Å². The predicted octanol–water partition coefficient (Wildman–Crippen LogP) is 0.504. The van der Waals surface area contributed by atoms with Crippen LogP contribution < -0.4 is 0 Å². The molecular formula is C10H10N4O2. The standard InChI is InChI=1S/C10H10N4O2/c1-14-6-11-5-8(14)10-12-3-7(4-13-10)2-9(15)16/h3-6H,2H2,1H3,(H,15,16). The number of hydrogen-bond donors (Lipinski definition) is 1. The highest BCUT2D eigenvalue weighted by Crippen LogP contribution is 2.12. The largest absolute Gasteiger partial charge is 0.481 e. The Kier molecular flexibility index (Phi) is 2.63. The molecule has 2 rings (SSSR count). The third-order valence-electron chi connectivity index (χ3n) is 2.11. The molecule has 0 spiro atoms. The Balaban J connectivity index is 2.26. The van der Waals surface area contributed by atoms with Crippen LogP contribution in [0, 0.1) is 0 Å². The minimum atomic E-state index is -0.892. The summed E-state index contributed by atoms with van der Waals surface area (Å²) in [5.41, 5.74) is 1.38. The van der Waals surface area contributed by atoms with Crippen LogP contribution in [-0.2, 0) is 18.3 Å². The summed E-state index contributed by atoms with van der Waals surface area (Å²) in [6, 6.07) is 0. The van der Waals surface area contributed by atoms with Crippen LogP contribution in [0.2, 0.25) is 0 Å². The third kappa shape index (κ3) is 2.05. The van der Waals surface area contributed by atoms with Crippen LogP contribution in [-0.4, -0.2) is 30.6 Å². The van der Waals surface area contributed by atoms with Crippen LogP contribution in [0.1, 0.15) is 5.56 Å². The van der Waals surface area contributed by atoms with Crippen molar-refractivity contribution < 1.29 is 9.90 Å². The first kappa shape index (κ1) is 10.3. The van der Waals surface area contributed by atoms with Gasteiger partial charge < -0.3 is 9.67 Å². The number of imidazole rings is 1. The Hall–Kier alpha value is -2.24. The molecule has 0 radical (unpaired) electrons. The number of aryl methyl sites for hydroxylation is 1. The summed E-state index contributed by atoms with van der Waals surface area (Å²) in [7, 11) is 1.84. The van der Waals surface area contributed by atoms with E-state index in [2.05, 4.69) is 15.0 Å². The summed E-state index contributed by atoms with van der Waals surface area (Å²) in [5, 5.41) is 8.59. The maximum absolute atomic E-state index is 10.5. The van der Waals surface area contributed by atoms with Gasteiger partial charge in [0.1, 0.15) is 5.69 Å². The van der Waals surface area contributed by atoms with E-state index in [1.54, 1.807) is 17.1 Å². The number of carboxylic acid groups (broad SMARTS) is 1. The third-order valence-corrected chi connectivity index (χ3v) is 2.11. The molecule has 0 aliphatic carbocycles. The van der Waals surface area contributed by atoms with E-state index in [0.29, 0.717) is 11.4 Å². The molecule has 0 aromatic carbocycles. The Bertz CT molecular complexity index is 504. The van der Waals surface area contributed by atoms with Crippen LogP contribution in [0.5, 0.6) is 0 Å². The van der Waals surface area contributed by atoms with Crippen LogP contribution >= 0.6 is 0 Å². The minimum absolute atomic E-state index is 0.0638. The average molecular weight is 218 g/mol. The lowest BCUT2D eigenvalue weighted by atomic mass is 10.2. The molecule has 0 aliphatic heterocycles. The Morgan fingerprint density at radius 3 is 2.56 bits per heavy atom. The number of nitrogens with zero attached hydrogens (tertiary/aromatic N) is 4. The van der Waals surface area contributed by atoms with Gasteiger partial charge in [-0.05, 0) is 5.56 Å². The molecule has 0 aliphatic rings. The average Bonchev–Trinajstić information content (AvgIpc) is 2.65. The molecular weight excluding hydrogens is 208 g/mol. The van der Waals surface area contributed by atoms with Crippen molar-refractivity contribution in [2.75, 3.05) is 0 Å². The topological polar surface area (TPSA) is 80.9 Å². The van der Waals surface area contributed by atoms with Crippen LogP contribution in [0.25, 0.3) is 11.5 Å². The molecule has 0 amide bonds. The highest BCUT2D eigenvalue weighted by molar-refractivity contribution is 5.69. The van der Waals surface area contributed by atoms with Gasteiger partial charge in [0.25, 0.3) is 0 Å². The van der Waals surface area contributed by atoms with E-state index in [4.69, 9.17) is 5.11 Å². The molecule has 0 bridgehead atoms. The van der Waals surface area contributed by atoms with Gasteiger partial charge in [0.05, 0.1) is 18.9 Å². The van der Waals surface area contributed by atoms with Gasteiger partial charge >= 0.3 is 5.97 Å². The smallest absolute Gasteiger partial charge is 0.307 e. The van der Waals surface area contributed by atoms with Gasteiger partial charge in [-0.15, -0.1) is 0 Å². The van der Waals surface area contributed by atoms with Crippen molar-refractivity contribution in [2.24, 2.45) is 7.05 Å². The number of carboxylic acids is 1. The zero-order valence-electron chi connectivity index (χ0n) is 8.66. The summed E-state index contributed by atoms with van der Waals surface area (Å²) in [4.78, 5) is 22.6. The van der Waals surface area contributed by atoms with Crippen LogP contribution in [0.15, 0.2) is 24.9 Å². The number of hydrogen-bond acceptors (Lipinski definition) is 4. The van der Waals surface area contributed by atoms with Gasteiger partial charge in [-0.1, -0.05) is 0 Å². The summed E-state index contributed by atoms with van der Waals surface area (Å²) < 4.78 is 1.80. The fourth-order valence-electron chi connectivity index (χ4n) is 1.33. The van der Waals surface area contributed by atoms with E-state index in [9.17, 15) is 4.79 Å². The van der Waals surface area contributed by atoms with Gasteiger partial charge in [-0.25, -0.2) is 15.0 Å². The molecule has 82 valence electrons. The molecule has 2 aromatic rings. The van der Waals surface area contributed by atoms with Crippen molar-refractivity contribution in [3.05, 3.63) is 30.5 Å². The van der Waals surface area contributed by atoms with Crippen LogP contribution in [0.4, 0.5) is 0 Å². The second kappa shape index (κ2) is 4.09. The zero-order valence-corrected chi connectivity index (χ0v) is 8.66. The monoisotopic (exact) mass is 218 g/mol. The Morgan fingerprint density at radius 2 is 2.06 bits per heavy atom. The molecule has 0 saturated heterocycles. The minimum Gasteiger partial charge on any atom is -0.481 e. The van der Waals surface area contributed by atoms with E-state index >= 15 is 0 Å². The number of aromatic nitrogens is 4. The maximum atomic E-state index is 10.5. The van der Waals surface area contributed by atoms with E-state index < -0.39 is 5.97 Å². The first-order chi connectivity index (χ1) is 7.66. The lowest BCUT2D eigenvalue weighted by Crippen LogP contribution is -2.02. The SMILES string of the molecule is Cn1cncc1-c1ncc(CC(=O)O)cn1. The molecule has 0 atom stereocenters. The first-order valence-corrected chi connectivity index (χ1v) is 4.66. The van der Waals surface area contributed by atoms with Gasteiger partial charge in [0, 0.05) is 19.4 Å². The van der Waals surface area contributed by atoms with Gasteiger partial charge in [0.2, 0.25) is 0 Å². The molecule has 2 heterocycles. The maximum Gasteiger partial charge on any atom is 0.307 e. The molecule has 0 saturated carbocycles.